The fourth-order valence-corrected chi connectivity index (χ4v) is 9.10. The lowest BCUT2D eigenvalue weighted by Crippen LogP contribution is -2.50. The summed E-state index contributed by atoms with van der Waals surface area (Å²) in [6.45, 7) is 17.1. The summed E-state index contributed by atoms with van der Waals surface area (Å²) in [5.74, 6) is -0.929. The zero-order chi connectivity index (χ0) is 29.1. The highest BCUT2D eigenvalue weighted by Crippen LogP contribution is 2.53. The quantitative estimate of drug-likeness (QED) is 0.129. The zero-order valence-corrected chi connectivity index (χ0v) is 26.4. The average molecular weight is 685 g/mol. The van der Waals surface area contributed by atoms with Crippen molar-refractivity contribution in [3.63, 3.8) is 0 Å². The molecule has 0 saturated heterocycles. The Kier molecular flexibility index (Phi) is 8.89. The van der Waals surface area contributed by atoms with Crippen molar-refractivity contribution in [3.05, 3.63) is 43.3 Å². The molecule has 0 aromatic carbocycles. The van der Waals surface area contributed by atoms with Crippen LogP contribution < -0.4 is 34.4 Å². The van der Waals surface area contributed by atoms with Crippen LogP contribution in [0.3, 0.4) is 0 Å². The Hall–Kier alpha value is -1.53. The molecule has 14 atom stereocenters. The maximum Gasteiger partial charge on any atom is 0.106 e. The highest BCUT2D eigenvalue weighted by atomic mass is 127. The van der Waals surface area contributed by atoms with Crippen LogP contribution in [0.25, 0.3) is 0 Å². The lowest BCUT2D eigenvalue weighted by molar-refractivity contribution is -0.0557. The molecule has 14 heteroatoms. The van der Waals surface area contributed by atoms with E-state index in [1.165, 1.54) is 0 Å². The molecule has 4 rings (SSSR count). The van der Waals surface area contributed by atoms with Crippen LogP contribution in [0.4, 0.5) is 0 Å². The SMILES string of the molecule is C=NC1=C(N)C(P)C2C(N=C)C(N)C(OC3C(N)C(N)C4C(P)C(N=C)=C(N)C(I)=C(C)C34)C2C(N=C)=C1N. The van der Waals surface area contributed by atoms with Crippen molar-refractivity contribution in [2.75, 3.05) is 0 Å². The molecule has 0 amide bonds. The molecule has 2 saturated carbocycles. The monoisotopic (exact) mass is 684 g/mol. The van der Waals surface area contributed by atoms with E-state index in [-0.39, 0.29) is 34.8 Å². The first-order valence-corrected chi connectivity index (χ1v) is 15.0. The van der Waals surface area contributed by atoms with Gasteiger partial charge in [0.15, 0.2) is 0 Å². The number of nitrogens with zero attached hydrogens (tertiary/aromatic N) is 4. The number of hydrogen-bond acceptors (Lipinski definition) is 11. The Morgan fingerprint density at radius 2 is 1.36 bits per heavy atom. The molecule has 2 fully saturated rings. The molecular formula is C25H39IN10OP2. The molecule has 39 heavy (non-hydrogen) atoms. The highest BCUT2D eigenvalue weighted by Gasteiger charge is 2.59. The summed E-state index contributed by atoms with van der Waals surface area (Å²) in [6.07, 6.45) is -1.08. The minimum atomic E-state index is -0.592. The van der Waals surface area contributed by atoms with Gasteiger partial charge >= 0.3 is 0 Å². The van der Waals surface area contributed by atoms with Gasteiger partial charge in [0.25, 0.3) is 0 Å². The van der Waals surface area contributed by atoms with Crippen LogP contribution in [0.2, 0.25) is 0 Å². The summed E-state index contributed by atoms with van der Waals surface area (Å²) in [7, 11) is 5.61. The van der Waals surface area contributed by atoms with E-state index >= 15 is 0 Å². The van der Waals surface area contributed by atoms with E-state index in [1.807, 2.05) is 6.92 Å². The van der Waals surface area contributed by atoms with E-state index in [1.54, 1.807) is 0 Å². The maximum absolute atomic E-state index is 6.99. The third kappa shape index (κ3) is 4.47. The van der Waals surface area contributed by atoms with E-state index < -0.39 is 42.3 Å². The topological polar surface area (TPSA) is 215 Å². The van der Waals surface area contributed by atoms with Gasteiger partial charge in [0.2, 0.25) is 0 Å². The number of hydrogen-bond donors (Lipinski definition) is 6. The smallest absolute Gasteiger partial charge is 0.106 e. The van der Waals surface area contributed by atoms with E-state index in [9.17, 15) is 0 Å². The lowest BCUT2D eigenvalue weighted by Gasteiger charge is -2.34. The molecule has 212 valence electrons. The first-order valence-electron chi connectivity index (χ1n) is 12.5. The predicted octanol–water partition coefficient (Wildman–Crippen LogP) is 0.120. The molecule has 0 aromatic rings. The van der Waals surface area contributed by atoms with Crippen LogP contribution in [-0.4, -0.2) is 74.6 Å². The largest absolute Gasteiger partial charge is 0.400 e. The normalized spacial score (nSPS) is 42.6. The minimum Gasteiger partial charge on any atom is -0.400 e. The second kappa shape index (κ2) is 11.4. The van der Waals surface area contributed by atoms with Crippen molar-refractivity contribution < 1.29 is 4.74 Å². The van der Waals surface area contributed by atoms with Gasteiger partial charge in [-0.05, 0) is 62.3 Å². The van der Waals surface area contributed by atoms with Gasteiger partial charge in [-0.25, -0.2) is 0 Å². The Morgan fingerprint density at radius 3 is 1.90 bits per heavy atom. The molecular weight excluding hydrogens is 645 g/mol. The van der Waals surface area contributed by atoms with Crippen molar-refractivity contribution in [1.82, 2.24) is 0 Å². The number of halogens is 1. The summed E-state index contributed by atoms with van der Waals surface area (Å²) in [6, 6.07) is -1.86. The number of ether oxygens (including phenoxy) is 1. The van der Waals surface area contributed by atoms with Crippen molar-refractivity contribution >= 4 is 67.9 Å². The zero-order valence-electron chi connectivity index (χ0n) is 22.0. The minimum absolute atomic E-state index is 0.113. The summed E-state index contributed by atoms with van der Waals surface area (Å²) >= 11 is 2.25. The first kappa shape index (κ1) is 30.4. The Bertz CT molecular complexity index is 1230. The second-order valence-corrected chi connectivity index (χ2v) is 13.1. The number of aliphatic imine (C=N–C) groups is 4. The lowest BCUT2D eigenvalue weighted by atomic mass is 9.84. The van der Waals surface area contributed by atoms with Gasteiger partial charge in [-0.2, -0.15) is 0 Å². The number of fused-ring (bicyclic) bond motifs is 2. The number of nitrogens with two attached hydrogens (primary N) is 6. The van der Waals surface area contributed by atoms with Crippen molar-refractivity contribution in [2.24, 2.45) is 78.0 Å². The van der Waals surface area contributed by atoms with Crippen molar-refractivity contribution in [2.45, 2.75) is 54.6 Å². The Morgan fingerprint density at radius 1 is 0.769 bits per heavy atom. The Balaban J connectivity index is 1.84. The van der Waals surface area contributed by atoms with Crippen LogP contribution in [0.5, 0.6) is 0 Å². The molecule has 0 aliphatic heterocycles. The predicted molar refractivity (Wildman–Crippen MR) is 176 cm³/mol. The molecule has 4 aliphatic carbocycles. The summed E-state index contributed by atoms with van der Waals surface area (Å²) < 4.78 is 7.88. The van der Waals surface area contributed by atoms with Crippen LogP contribution in [0.15, 0.2) is 63.3 Å². The van der Waals surface area contributed by atoms with Gasteiger partial charge in [-0.3, -0.25) is 20.0 Å². The average Bonchev–Trinajstić information content (AvgIpc) is 3.28. The molecule has 0 aromatic heterocycles. The molecule has 11 nitrogen and oxygen atoms in total. The third-order valence-corrected chi connectivity index (χ3v) is 12.0. The summed E-state index contributed by atoms with van der Waals surface area (Å²) in [4.78, 5) is 17.1. The van der Waals surface area contributed by atoms with Crippen molar-refractivity contribution in [1.29, 1.82) is 0 Å². The van der Waals surface area contributed by atoms with Gasteiger partial charge < -0.3 is 39.1 Å². The Labute approximate surface area is 247 Å². The molecule has 4 aliphatic rings. The molecule has 12 N–H and O–H groups in total. The maximum atomic E-state index is 6.99. The van der Waals surface area contributed by atoms with Gasteiger partial charge in [-0.1, -0.05) is 5.57 Å². The molecule has 0 spiro atoms. The van der Waals surface area contributed by atoms with Gasteiger partial charge in [0, 0.05) is 50.4 Å². The number of allylic oxidation sites excluding steroid dienone is 3. The molecule has 0 heterocycles. The molecule has 14 unspecified atom stereocenters. The van der Waals surface area contributed by atoms with Crippen molar-refractivity contribution in [3.8, 4) is 0 Å². The third-order valence-electron chi connectivity index (χ3n) is 8.98. The fourth-order valence-electron chi connectivity index (χ4n) is 7.05. The molecule has 0 bridgehead atoms. The summed E-state index contributed by atoms with van der Waals surface area (Å²) in [5, 5.41) is 0. The first-order chi connectivity index (χ1) is 18.4. The second-order valence-electron chi connectivity index (χ2n) is 10.6. The van der Waals surface area contributed by atoms with Gasteiger partial charge in [0.05, 0.1) is 47.1 Å². The fraction of sp³-hybridized carbons (Fsp3) is 0.520. The van der Waals surface area contributed by atoms with E-state index in [4.69, 9.17) is 39.1 Å². The van der Waals surface area contributed by atoms with E-state index in [2.05, 4.69) is 87.9 Å². The standard InChI is InChI=1S/C25H39IN10OP2/c1-6-7-8(25(39)21(36-5)13(28)11(6)26)12(27)14(29)22(7)37-23-9-10(19(34-3)16(23)31)24(38)17(32)20(35-4)15(30)18(9)33-2/h7-10,12,14,16,19,22-25H,2-5,27-32,38-39H2,1H3. The van der Waals surface area contributed by atoms with Crippen LogP contribution in [-0.2, 0) is 4.74 Å². The number of rotatable bonds is 6. The van der Waals surface area contributed by atoms with Gasteiger partial charge in [-0.15, -0.1) is 18.5 Å². The van der Waals surface area contributed by atoms with E-state index in [0.29, 0.717) is 28.5 Å². The molecule has 0 radical (unpaired) electrons. The highest BCUT2D eigenvalue weighted by molar-refractivity contribution is 14.1. The van der Waals surface area contributed by atoms with Crippen LogP contribution in [0, 0.1) is 23.7 Å². The van der Waals surface area contributed by atoms with Crippen LogP contribution in [0.1, 0.15) is 6.92 Å². The van der Waals surface area contributed by atoms with Crippen LogP contribution >= 0.6 is 41.1 Å². The van der Waals surface area contributed by atoms with E-state index in [0.717, 1.165) is 9.15 Å². The summed E-state index contributed by atoms with van der Waals surface area (Å²) in [5.41, 5.74) is 43.5. The van der Waals surface area contributed by atoms with Gasteiger partial charge in [0.1, 0.15) is 5.70 Å².